The van der Waals surface area contributed by atoms with E-state index in [1.807, 2.05) is 0 Å². The van der Waals surface area contributed by atoms with Crippen molar-refractivity contribution < 1.29 is 80.2 Å². The fraction of sp³-hybridized carbons (Fsp3) is 0.933. The van der Waals surface area contributed by atoms with E-state index in [0.29, 0.717) is 25.7 Å². The van der Waals surface area contributed by atoms with Gasteiger partial charge in [-0.05, 0) is 25.7 Å². The Bertz CT molecular complexity index is 1540. The van der Waals surface area contributed by atoms with Crippen LogP contribution in [0.25, 0.3) is 0 Å². The third-order valence-electron chi connectivity index (χ3n) is 13.9. The normalized spacial score (nSPS) is 14.3. The number of carbonyl (C=O) groups is 4. The van der Waals surface area contributed by atoms with Crippen molar-refractivity contribution in [1.29, 1.82) is 0 Å². The minimum absolute atomic E-state index is 0.103. The van der Waals surface area contributed by atoms with Crippen LogP contribution in [0.3, 0.4) is 0 Å². The molecule has 17 nitrogen and oxygen atoms in total. The fourth-order valence-corrected chi connectivity index (χ4v) is 10.5. The number of aliphatic hydroxyl groups excluding tert-OH is 1. The molecule has 2 unspecified atom stereocenters. The van der Waals surface area contributed by atoms with Crippen LogP contribution in [0.15, 0.2) is 0 Å². The van der Waals surface area contributed by atoms with Gasteiger partial charge in [0.25, 0.3) is 0 Å². The van der Waals surface area contributed by atoms with E-state index in [2.05, 4.69) is 27.7 Å². The first-order valence-electron chi connectivity index (χ1n) is 31.8. The zero-order chi connectivity index (χ0) is 58.3. The summed E-state index contributed by atoms with van der Waals surface area (Å²) in [5.41, 5.74) is 0. The van der Waals surface area contributed by atoms with E-state index in [1.165, 1.54) is 116 Å². The zero-order valence-electron chi connectivity index (χ0n) is 50.3. The molecule has 0 aliphatic rings. The van der Waals surface area contributed by atoms with Gasteiger partial charge in [0.1, 0.15) is 19.3 Å². The average molecular weight is 1170 g/mol. The summed E-state index contributed by atoms with van der Waals surface area (Å²) in [5, 5.41) is 10.5. The van der Waals surface area contributed by atoms with E-state index in [4.69, 9.17) is 37.0 Å². The summed E-state index contributed by atoms with van der Waals surface area (Å²) in [7, 11) is -9.86. The van der Waals surface area contributed by atoms with Gasteiger partial charge in [-0.2, -0.15) is 0 Å². The molecule has 0 heterocycles. The lowest BCUT2D eigenvalue weighted by Gasteiger charge is -2.21. The molecule has 468 valence electrons. The van der Waals surface area contributed by atoms with Crippen molar-refractivity contribution in [3.8, 4) is 0 Å². The van der Waals surface area contributed by atoms with Gasteiger partial charge < -0.3 is 33.8 Å². The van der Waals surface area contributed by atoms with Crippen LogP contribution in [-0.2, 0) is 65.4 Å². The SMILES string of the molecule is CCCCCCCCCCCCCCCCCCC(=O)O[C@H](COC(=O)CCCCCCCCCCCCC)COP(=O)(O)OC[C@@H](O)COP(=O)(O)OC[C@@H](COC(=O)CCCCCCC)OC(=O)CCCCCCCCC. The molecule has 5 atom stereocenters. The molecule has 0 amide bonds. The molecule has 0 rings (SSSR count). The lowest BCUT2D eigenvalue weighted by molar-refractivity contribution is -0.161. The standard InChI is InChI=1S/C60H116O17P2/c1-5-9-13-17-20-22-24-25-26-27-28-30-32-35-39-43-47-60(65)77-56(51-71-58(63)45-41-37-34-31-29-23-21-18-14-10-6-2)53-75-79(68,69)73-49-54(61)48-72-78(66,67)74-52-55(50-70-57(62)44-40-36-16-12-8-4)76-59(64)46-42-38-33-19-15-11-7-3/h54-56,61H,5-53H2,1-4H3,(H,66,67)(H,68,69)/t54-,55+,56+/m0/s1. The lowest BCUT2D eigenvalue weighted by Crippen LogP contribution is -2.30. The third-order valence-corrected chi connectivity index (χ3v) is 15.8. The van der Waals surface area contributed by atoms with Gasteiger partial charge in [0, 0.05) is 25.7 Å². The van der Waals surface area contributed by atoms with Crippen LogP contribution >= 0.6 is 15.6 Å². The van der Waals surface area contributed by atoms with E-state index in [1.54, 1.807) is 0 Å². The highest BCUT2D eigenvalue weighted by Gasteiger charge is 2.30. The summed E-state index contributed by atoms with van der Waals surface area (Å²) in [6.07, 6.45) is 39.4. The van der Waals surface area contributed by atoms with Crippen molar-refractivity contribution >= 4 is 39.5 Å². The van der Waals surface area contributed by atoms with Crippen molar-refractivity contribution in [1.82, 2.24) is 0 Å². The fourth-order valence-electron chi connectivity index (χ4n) is 8.93. The van der Waals surface area contributed by atoms with Gasteiger partial charge >= 0.3 is 39.5 Å². The molecule has 79 heavy (non-hydrogen) atoms. The maximum Gasteiger partial charge on any atom is 0.472 e. The molecule has 0 aromatic heterocycles. The van der Waals surface area contributed by atoms with Gasteiger partial charge in [0.2, 0.25) is 0 Å². The molecule has 0 aromatic carbocycles. The lowest BCUT2D eigenvalue weighted by atomic mass is 10.0. The molecule has 0 saturated heterocycles. The second-order valence-corrected chi connectivity index (χ2v) is 24.6. The van der Waals surface area contributed by atoms with Gasteiger partial charge in [-0.15, -0.1) is 0 Å². The van der Waals surface area contributed by atoms with Crippen molar-refractivity contribution in [2.45, 2.75) is 322 Å². The largest absolute Gasteiger partial charge is 0.472 e. The Morgan fingerprint density at radius 3 is 0.747 bits per heavy atom. The predicted octanol–water partition coefficient (Wildman–Crippen LogP) is 16.4. The number of rotatable bonds is 61. The molecule has 0 fully saturated rings. The number of carbonyl (C=O) groups excluding carboxylic acids is 4. The summed E-state index contributed by atoms with van der Waals surface area (Å²) < 4.78 is 67.5. The summed E-state index contributed by atoms with van der Waals surface area (Å²) in [4.78, 5) is 71.6. The van der Waals surface area contributed by atoms with Crippen molar-refractivity contribution in [2.24, 2.45) is 0 Å². The average Bonchev–Trinajstić information content (AvgIpc) is 3.42. The second-order valence-electron chi connectivity index (χ2n) is 21.7. The van der Waals surface area contributed by atoms with E-state index in [9.17, 15) is 43.2 Å². The van der Waals surface area contributed by atoms with Gasteiger partial charge in [-0.1, -0.05) is 252 Å². The summed E-state index contributed by atoms with van der Waals surface area (Å²) in [6.45, 7) is 4.73. The molecule has 0 aliphatic heterocycles. The Morgan fingerprint density at radius 1 is 0.304 bits per heavy atom. The molecule has 3 N–H and O–H groups in total. The van der Waals surface area contributed by atoms with Crippen LogP contribution in [0.1, 0.15) is 304 Å². The van der Waals surface area contributed by atoms with Gasteiger partial charge in [0.15, 0.2) is 12.2 Å². The van der Waals surface area contributed by atoms with Crippen LogP contribution in [0.5, 0.6) is 0 Å². The van der Waals surface area contributed by atoms with Gasteiger partial charge in [0.05, 0.1) is 26.4 Å². The monoisotopic (exact) mass is 1170 g/mol. The predicted molar refractivity (Wildman–Crippen MR) is 312 cm³/mol. The summed E-state index contributed by atoms with van der Waals surface area (Å²) in [5.74, 6) is -2.15. The molecule has 0 saturated carbocycles. The minimum atomic E-state index is -4.94. The van der Waals surface area contributed by atoms with Crippen LogP contribution < -0.4 is 0 Å². The van der Waals surface area contributed by atoms with Gasteiger partial charge in [-0.3, -0.25) is 37.3 Å². The summed E-state index contributed by atoms with van der Waals surface area (Å²) in [6, 6.07) is 0. The second kappa shape index (κ2) is 55.3. The topological polar surface area (TPSA) is 237 Å². The van der Waals surface area contributed by atoms with Crippen molar-refractivity contribution in [3.63, 3.8) is 0 Å². The smallest absolute Gasteiger partial charge is 0.462 e. The van der Waals surface area contributed by atoms with Crippen molar-refractivity contribution in [2.75, 3.05) is 39.6 Å². The first-order chi connectivity index (χ1) is 38.2. The Balaban J connectivity index is 5.13. The van der Waals surface area contributed by atoms with Gasteiger partial charge in [-0.25, -0.2) is 9.13 Å². The quantitative estimate of drug-likeness (QED) is 0.0222. The molecular formula is C60H116O17P2. The highest BCUT2D eigenvalue weighted by atomic mass is 31.2. The zero-order valence-corrected chi connectivity index (χ0v) is 52.1. The van der Waals surface area contributed by atoms with Crippen LogP contribution in [0.2, 0.25) is 0 Å². The first kappa shape index (κ1) is 77.1. The highest BCUT2D eigenvalue weighted by molar-refractivity contribution is 7.47. The Morgan fingerprint density at radius 2 is 0.506 bits per heavy atom. The van der Waals surface area contributed by atoms with E-state index < -0.39 is 97.5 Å². The highest BCUT2D eigenvalue weighted by Crippen LogP contribution is 2.45. The molecule has 19 heteroatoms. The number of esters is 4. The van der Waals surface area contributed by atoms with E-state index in [0.717, 1.165) is 109 Å². The molecule has 0 spiro atoms. The first-order valence-corrected chi connectivity index (χ1v) is 34.8. The maximum absolute atomic E-state index is 12.9. The van der Waals surface area contributed by atoms with Crippen LogP contribution in [-0.4, -0.2) is 96.7 Å². The molecule has 0 radical (unpaired) electrons. The third kappa shape index (κ3) is 55.0. The van der Waals surface area contributed by atoms with Crippen molar-refractivity contribution in [3.05, 3.63) is 0 Å². The molecule has 0 bridgehead atoms. The number of unbranched alkanes of at least 4 members (excludes halogenated alkanes) is 35. The van der Waals surface area contributed by atoms with Crippen LogP contribution in [0, 0.1) is 0 Å². The Hall–Kier alpha value is -1.94. The van der Waals surface area contributed by atoms with Crippen LogP contribution in [0.4, 0.5) is 0 Å². The van der Waals surface area contributed by atoms with E-state index in [-0.39, 0.29) is 25.7 Å². The van der Waals surface area contributed by atoms with E-state index >= 15 is 0 Å². The molecular weight excluding hydrogens is 1050 g/mol. The number of ether oxygens (including phenoxy) is 4. The molecule has 0 aliphatic carbocycles. The summed E-state index contributed by atoms with van der Waals surface area (Å²) >= 11 is 0. The number of phosphoric acid groups is 2. The number of hydrogen-bond donors (Lipinski definition) is 3. The minimum Gasteiger partial charge on any atom is -0.462 e. The molecule has 0 aromatic rings. The Labute approximate surface area is 479 Å². The Kier molecular flexibility index (Phi) is 53.9. The number of aliphatic hydroxyl groups is 1. The maximum atomic E-state index is 12.9. The number of hydrogen-bond acceptors (Lipinski definition) is 15. The number of phosphoric ester groups is 2.